The van der Waals surface area contributed by atoms with Crippen LogP contribution in [-0.4, -0.2) is 42.6 Å². The molecule has 1 aliphatic carbocycles. The molecule has 2 aliphatic heterocycles. The minimum absolute atomic E-state index is 0.173. The number of hydrogen-bond donors (Lipinski definition) is 1. The summed E-state index contributed by atoms with van der Waals surface area (Å²) in [5, 5.41) is 0. The Labute approximate surface area is 122 Å². The van der Waals surface area contributed by atoms with Gasteiger partial charge in [-0.3, -0.25) is 4.79 Å². The summed E-state index contributed by atoms with van der Waals surface area (Å²) >= 11 is 0. The minimum Gasteiger partial charge on any atom is -0.381 e. The number of piperidine rings is 1. The van der Waals surface area contributed by atoms with Gasteiger partial charge in [-0.15, -0.1) is 0 Å². The zero-order valence-electron chi connectivity index (χ0n) is 12.5. The van der Waals surface area contributed by atoms with Gasteiger partial charge in [-0.05, 0) is 43.9 Å². The first kappa shape index (κ1) is 14.3. The van der Waals surface area contributed by atoms with E-state index in [0.717, 1.165) is 13.1 Å². The molecule has 0 aromatic heterocycles. The van der Waals surface area contributed by atoms with E-state index in [1.54, 1.807) is 0 Å². The molecule has 4 nitrogen and oxygen atoms in total. The quantitative estimate of drug-likeness (QED) is 0.800. The largest absolute Gasteiger partial charge is 0.381 e. The van der Waals surface area contributed by atoms with Gasteiger partial charge in [0.2, 0.25) is 5.91 Å². The summed E-state index contributed by atoms with van der Waals surface area (Å²) in [6, 6.07) is 0. The Hall–Kier alpha value is -0.610. The third-order valence-electron chi connectivity index (χ3n) is 5.84. The van der Waals surface area contributed by atoms with E-state index in [4.69, 9.17) is 10.5 Å². The van der Waals surface area contributed by atoms with Crippen LogP contribution in [0.3, 0.4) is 0 Å². The van der Waals surface area contributed by atoms with Crippen LogP contribution in [0.5, 0.6) is 0 Å². The molecule has 3 rings (SSSR count). The van der Waals surface area contributed by atoms with Crippen LogP contribution in [0.4, 0.5) is 0 Å². The summed E-state index contributed by atoms with van der Waals surface area (Å²) in [5.41, 5.74) is 6.22. The number of amides is 1. The molecule has 4 heteroatoms. The molecule has 2 heterocycles. The molecule has 0 unspecified atom stereocenters. The molecule has 1 spiro atoms. The summed E-state index contributed by atoms with van der Waals surface area (Å²) in [7, 11) is 0. The monoisotopic (exact) mass is 280 g/mol. The van der Waals surface area contributed by atoms with E-state index in [9.17, 15) is 4.79 Å². The van der Waals surface area contributed by atoms with Crippen molar-refractivity contribution >= 4 is 5.91 Å². The van der Waals surface area contributed by atoms with E-state index in [0.29, 0.717) is 31.5 Å². The Kier molecular flexibility index (Phi) is 4.04. The molecule has 0 atom stereocenters. The summed E-state index contributed by atoms with van der Waals surface area (Å²) in [6.07, 6.45) is 10.6. The maximum atomic E-state index is 12.7. The average Bonchev–Trinajstić information content (AvgIpc) is 2.49. The lowest BCUT2D eigenvalue weighted by Gasteiger charge is -2.46. The fourth-order valence-electron chi connectivity index (χ4n) is 4.25. The van der Waals surface area contributed by atoms with Crippen LogP contribution in [0.2, 0.25) is 0 Å². The highest BCUT2D eigenvalue weighted by Gasteiger charge is 2.42. The van der Waals surface area contributed by atoms with Gasteiger partial charge in [0.1, 0.15) is 0 Å². The molecular weight excluding hydrogens is 252 g/mol. The van der Waals surface area contributed by atoms with Crippen molar-refractivity contribution in [1.82, 2.24) is 4.90 Å². The van der Waals surface area contributed by atoms with Gasteiger partial charge in [0.25, 0.3) is 0 Å². The SMILES string of the molecule is NC1(C(=O)N2CCC3(CCCCC3)CC2)CCOCC1. The number of carbonyl (C=O) groups excluding carboxylic acids is 1. The highest BCUT2D eigenvalue weighted by Crippen LogP contribution is 2.44. The lowest BCUT2D eigenvalue weighted by molar-refractivity contribution is -0.143. The second-order valence-corrected chi connectivity index (χ2v) is 7.12. The zero-order chi connectivity index (χ0) is 14.1. The Morgan fingerprint density at radius 1 is 0.900 bits per heavy atom. The second kappa shape index (κ2) is 5.64. The summed E-state index contributed by atoms with van der Waals surface area (Å²) in [5.74, 6) is 0.173. The smallest absolute Gasteiger partial charge is 0.242 e. The van der Waals surface area contributed by atoms with Crippen molar-refractivity contribution in [2.45, 2.75) is 63.3 Å². The van der Waals surface area contributed by atoms with E-state index < -0.39 is 5.54 Å². The first-order valence-electron chi connectivity index (χ1n) is 8.30. The van der Waals surface area contributed by atoms with Crippen LogP contribution in [0.1, 0.15) is 57.8 Å². The van der Waals surface area contributed by atoms with Crippen molar-refractivity contribution in [1.29, 1.82) is 0 Å². The Morgan fingerprint density at radius 2 is 1.50 bits per heavy atom. The highest BCUT2D eigenvalue weighted by molar-refractivity contribution is 5.86. The van der Waals surface area contributed by atoms with Gasteiger partial charge in [0.05, 0.1) is 5.54 Å². The number of rotatable bonds is 1. The zero-order valence-corrected chi connectivity index (χ0v) is 12.5. The van der Waals surface area contributed by atoms with Crippen molar-refractivity contribution in [3.63, 3.8) is 0 Å². The van der Waals surface area contributed by atoms with Gasteiger partial charge in [0, 0.05) is 26.3 Å². The van der Waals surface area contributed by atoms with Gasteiger partial charge >= 0.3 is 0 Å². The first-order chi connectivity index (χ1) is 9.64. The molecule has 114 valence electrons. The van der Waals surface area contributed by atoms with Gasteiger partial charge in [-0.2, -0.15) is 0 Å². The van der Waals surface area contributed by atoms with Crippen LogP contribution in [0, 0.1) is 5.41 Å². The standard InChI is InChI=1S/C16H28N2O2/c17-16(8-12-20-13-9-16)14(19)18-10-6-15(7-11-18)4-2-1-3-5-15/h1-13,17H2. The van der Waals surface area contributed by atoms with Gasteiger partial charge in [0.15, 0.2) is 0 Å². The van der Waals surface area contributed by atoms with Crippen LogP contribution in [-0.2, 0) is 9.53 Å². The third-order valence-corrected chi connectivity index (χ3v) is 5.84. The van der Waals surface area contributed by atoms with Crippen molar-refractivity contribution in [3.05, 3.63) is 0 Å². The van der Waals surface area contributed by atoms with Crippen molar-refractivity contribution in [2.75, 3.05) is 26.3 Å². The van der Waals surface area contributed by atoms with E-state index in [-0.39, 0.29) is 5.91 Å². The molecule has 0 aromatic carbocycles. The van der Waals surface area contributed by atoms with Crippen LogP contribution < -0.4 is 5.73 Å². The van der Waals surface area contributed by atoms with Crippen LogP contribution >= 0.6 is 0 Å². The Morgan fingerprint density at radius 3 is 2.10 bits per heavy atom. The summed E-state index contributed by atoms with van der Waals surface area (Å²) < 4.78 is 5.34. The highest BCUT2D eigenvalue weighted by atomic mass is 16.5. The fourth-order valence-corrected chi connectivity index (χ4v) is 4.25. The molecule has 0 aromatic rings. The number of nitrogens with two attached hydrogens (primary N) is 1. The maximum Gasteiger partial charge on any atom is 0.242 e. The summed E-state index contributed by atoms with van der Waals surface area (Å²) in [4.78, 5) is 14.7. The molecular formula is C16H28N2O2. The van der Waals surface area contributed by atoms with Gasteiger partial charge < -0.3 is 15.4 Å². The normalized spacial score (nSPS) is 29.4. The topological polar surface area (TPSA) is 55.6 Å². The number of nitrogens with zero attached hydrogens (tertiary/aromatic N) is 1. The molecule has 3 aliphatic rings. The number of carbonyl (C=O) groups is 1. The number of ether oxygens (including phenoxy) is 1. The molecule has 2 N–H and O–H groups in total. The van der Waals surface area contributed by atoms with Crippen LogP contribution in [0.15, 0.2) is 0 Å². The van der Waals surface area contributed by atoms with Gasteiger partial charge in [-0.1, -0.05) is 19.3 Å². The molecule has 2 saturated heterocycles. The van der Waals surface area contributed by atoms with E-state index >= 15 is 0 Å². The minimum atomic E-state index is -0.657. The number of hydrogen-bond acceptors (Lipinski definition) is 3. The van der Waals surface area contributed by atoms with Gasteiger partial charge in [-0.25, -0.2) is 0 Å². The predicted octanol–water partition coefficient (Wildman–Crippen LogP) is 2.07. The predicted molar refractivity (Wildman–Crippen MR) is 78.3 cm³/mol. The maximum absolute atomic E-state index is 12.7. The molecule has 0 radical (unpaired) electrons. The molecule has 1 saturated carbocycles. The average molecular weight is 280 g/mol. The summed E-state index contributed by atoms with van der Waals surface area (Å²) in [6.45, 7) is 3.08. The van der Waals surface area contributed by atoms with Crippen LogP contribution in [0.25, 0.3) is 0 Å². The van der Waals surface area contributed by atoms with Crippen molar-refractivity contribution in [2.24, 2.45) is 11.1 Å². The number of likely N-dealkylation sites (tertiary alicyclic amines) is 1. The Bertz CT molecular complexity index is 347. The second-order valence-electron chi connectivity index (χ2n) is 7.12. The first-order valence-corrected chi connectivity index (χ1v) is 8.30. The van der Waals surface area contributed by atoms with E-state index in [2.05, 4.69) is 0 Å². The van der Waals surface area contributed by atoms with Crippen molar-refractivity contribution in [3.8, 4) is 0 Å². The van der Waals surface area contributed by atoms with E-state index in [1.165, 1.54) is 44.9 Å². The lowest BCUT2D eigenvalue weighted by Crippen LogP contribution is -2.59. The molecule has 20 heavy (non-hydrogen) atoms. The molecule has 1 amide bonds. The molecule has 3 fully saturated rings. The molecule has 0 bridgehead atoms. The van der Waals surface area contributed by atoms with Crippen molar-refractivity contribution < 1.29 is 9.53 Å². The Balaban J connectivity index is 1.58. The van der Waals surface area contributed by atoms with E-state index in [1.807, 2.05) is 4.90 Å². The third kappa shape index (κ3) is 2.73. The fraction of sp³-hybridized carbons (Fsp3) is 0.938. The lowest BCUT2D eigenvalue weighted by atomic mass is 9.68.